The van der Waals surface area contributed by atoms with Crippen LogP contribution in [0.1, 0.15) is 59.6 Å². The van der Waals surface area contributed by atoms with Crippen molar-refractivity contribution in [2.45, 2.75) is 45.7 Å². The van der Waals surface area contributed by atoms with Gasteiger partial charge in [-0.05, 0) is 12.8 Å². The van der Waals surface area contributed by atoms with Gasteiger partial charge in [-0.25, -0.2) is 4.98 Å². The molecule has 2 rings (SSSR count). The Morgan fingerprint density at radius 2 is 2.18 bits per heavy atom. The fourth-order valence-corrected chi connectivity index (χ4v) is 2.73. The number of thiazole rings is 1. The summed E-state index contributed by atoms with van der Waals surface area (Å²) in [4.78, 5) is 16.1. The molecule has 0 aromatic carbocycles. The van der Waals surface area contributed by atoms with Gasteiger partial charge in [-0.15, -0.1) is 23.7 Å². The summed E-state index contributed by atoms with van der Waals surface area (Å²) in [6.45, 7) is 4.91. The summed E-state index contributed by atoms with van der Waals surface area (Å²) in [6, 6.07) is 1.91. The lowest BCUT2D eigenvalue weighted by Crippen LogP contribution is -2.23. The first-order valence-electron chi connectivity index (χ1n) is 7.06. The van der Waals surface area contributed by atoms with Crippen LogP contribution in [0.25, 0.3) is 0 Å². The van der Waals surface area contributed by atoms with E-state index in [1.807, 2.05) is 6.07 Å². The van der Waals surface area contributed by atoms with Gasteiger partial charge in [-0.1, -0.05) is 19.0 Å². The molecule has 2 heterocycles. The summed E-state index contributed by atoms with van der Waals surface area (Å²) in [6.07, 6.45) is 2.05. The summed E-state index contributed by atoms with van der Waals surface area (Å²) >= 11 is 1.38. The molecule has 0 unspecified atom stereocenters. The Bertz CT molecular complexity index is 595. The Morgan fingerprint density at radius 1 is 1.45 bits per heavy atom. The van der Waals surface area contributed by atoms with E-state index < -0.39 is 0 Å². The van der Waals surface area contributed by atoms with Crippen LogP contribution in [-0.4, -0.2) is 16.0 Å². The van der Waals surface area contributed by atoms with Crippen LogP contribution in [0.3, 0.4) is 0 Å². The molecule has 1 amide bonds. The molecule has 3 N–H and O–H groups in total. The SMILES string of the molecule is CCC(CC)c1cc(CNC(=O)c2csc(CN)n2)on1.Cl. The number of aromatic nitrogens is 2. The molecule has 0 atom stereocenters. The number of hydrogen-bond donors (Lipinski definition) is 2. The van der Waals surface area contributed by atoms with Crippen LogP contribution in [0.2, 0.25) is 0 Å². The van der Waals surface area contributed by atoms with Gasteiger partial charge in [0.1, 0.15) is 10.7 Å². The van der Waals surface area contributed by atoms with E-state index in [1.165, 1.54) is 11.3 Å². The predicted molar refractivity (Wildman–Crippen MR) is 88.2 cm³/mol. The maximum atomic E-state index is 11.9. The number of halogens is 1. The smallest absolute Gasteiger partial charge is 0.271 e. The third-order valence-corrected chi connectivity index (χ3v) is 4.23. The maximum Gasteiger partial charge on any atom is 0.271 e. The first-order chi connectivity index (χ1) is 10.2. The zero-order valence-corrected chi connectivity index (χ0v) is 14.3. The topological polar surface area (TPSA) is 94.0 Å². The molecule has 0 saturated carbocycles. The van der Waals surface area contributed by atoms with Crippen molar-refractivity contribution in [3.63, 3.8) is 0 Å². The number of amides is 1. The maximum absolute atomic E-state index is 11.9. The molecule has 22 heavy (non-hydrogen) atoms. The number of carbonyl (C=O) groups excluding carboxylic acids is 1. The highest BCUT2D eigenvalue weighted by Crippen LogP contribution is 2.22. The van der Waals surface area contributed by atoms with Crippen molar-refractivity contribution in [1.29, 1.82) is 0 Å². The molecule has 2 aromatic heterocycles. The highest BCUT2D eigenvalue weighted by Gasteiger charge is 2.14. The molecule has 0 spiro atoms. The molecule has 0 fully saturated rings. The number of nitrogens with one attached hydrogen (secondary N) is 1. The van der Waals surface area contributed by atoms with E-state index in [-0.39, 0.29) is 18.3 Å². The molecule has 0 aliphatic rings. The number of nitrogens with two attached hydrogens (primary N) is 1. The summed E-state index contributed by atoms with van der Waals surface area (Å²) in [5.74, 6) is 0.829. The number of hydrogen-bond acceptors (Lipinski definition) is 6. The van der Waals surface area contributed by atoms with Crippen LogP contribution in [0.15, 0.2) is 16.0 Å². The molecular weight excluding hydrogens is 324 g/mol. The first kappa shape index (κ1) is 18.6. The average molecular weight is 345 g/mol. The lowest BCUT2D eigenvalue weighted by atomic mass is 9.99. The van der Waals surface area contributed by atoms with Crippen LogP contribution >= 0.6 is 23.7 Å². The molecule has 0 saturated heterocycles. The van der Waals surface area contributed by atoms with Gasteiger partial charge in [0.25, 0.3) is 5.91 Å². The van der Waals surface area contributed by atoms with Crippen LogP contribution in [0, 0.1) is 0 Å². The van der Waals surface area contributed by atoms with Gasteiger partial charge in [0.05, 0.1) is 12.2 Å². The Hall–Kier alpha value is -1.44. The van der Waals surface area contributed by atoms with E-state index in [0.29, 0.717) is 30.5 Å². The Balaban J connectivity index is 0.00000242. The third kappa shape index (κ3) is 4.53. The van der Waals surface area contributed by atoms with Crippen molar-refractivity contribution in [3.8, 4) is 0 Å². The molecular formula is C14H21ClN4O2S. The standard InChI is InChI=1S/C14H20N4O2S.ClH/c1-3-9(4-2)11-5-10(20-18-11)7-16-14(19)12-8-21-13(6-15)17-12;/h5,8-9H,3-4,6-7,15H2,1-2H3,(H,16,19);1H. The minimum absolute atomic E-state index is 0. The van der Waals surface area contributed by atoms with Gasteiger partial charge in [0, 0.05) is 23.9 Å². The van der Waals surface area contributed by atoms with Gasteiger partial charge >= 0.3 is 0 Å². The fraction of sp³-hybridized carbons (Fsp3) is 0.500. The zero-order chi connectivity index (χ0) is 15.2. The van der Waals surface area contributed by atoms with E-state index in [9.17, 15) is 4.79 Å². The van der Waals surface area contributed by atoms with Crippen molar-refractivity contribution in [3.05, 3.63) is 33.6 Å². The van der Waals surface area contributed by atoms with E-state index in [0.717, 1.165) is 23.5 Å². The minimum atomic E-state index is -0.230. The molecule has 0 aliphatic carbocycles. The van der Waals surface area contributed by atoms with Crippen molar-refractivity contribution in [2.75, 3.05) is 0 Å². The second-order valence-corrected chi connectivity index (χ2v) is 5.69. The van der Waals surface area contributed by atoms with E-state index >= 15 is 0 Å². The fourth-order valence-electron chi connectivity index (χ4n) is 2.08. The summed E-state index contributed by atoms with van der Waals surface area (Å²) < 4.78 is 5.26. The third-order valence-electron chi connectivity index (χ3n) is 3.36. The van der Waals surface area contributed by atoms with Crippen molar-refractivity contribution in [1.82, 2.24) is 15.5 Å². The van der Waals surface area contributed by atoms with Gasteiger partial charge in [-0.2, -0.15) is 0 Å². The van der Waals surface area contributed by atoms with Crippen molar-refractivity contribution < 1.29 is 9.32 Å². The van der Waals surface area contributed by atoms with Crippen molar-refractivity contribution >= 4 is 29.7 Å². The molecule has 6 nitrogen and oxygen atoms in total. The second kappa shape index (κ2) is 8.87. The van der Waals surface area contributed by atoms with E-state index in [4.69, 9.17) is 10.3 Å². The quantitative estimate of drug-likeness (QED) is 0.805. The largest absolute Gasteiger partial charge is 0.359 e. The molecule has 0 bridgehead atoms. The number of rotatable bonds is 7. The lowest BCUT2D eigenvalue weighted by molar-refractivity contribution is 0.0942. The molecule has 8 heteroatoms. The van der Waals surface area contributed by atoms with Crippen LogP contribution < -0.4 is 11.1 Å². The van der Waals surface area contributed by atoms with Gasteiger partial charge in [-0.3, -0.25) is 4.79 Å². The van der Waals surface area contributed by atoms with Crippen molar-refractivity contribution in [2.24, 2.45) is 5.73 Å². The number of carbonyl (C=O) groups is 1. The Labute approximate surface area is 139 Å². The highest BCUT2D eigenvalue weighted by atomic mass is 35.5. The first-order valence-corrected chi connectivity index (χ1v) is 7.94. The van der Waals surface area contributed by atoms with Gasteiger partial charge in [0.15, 0.2) is 5.76 Å². The Morgan fingerprint density at radius 3 is 2.77 bits per heavy atom. The number of nitrogens with zero attached hydrogens (tertiary/aromatic N) is 2. The predicted octanol–water partition coefficient (Wildman–Crippen LogP) is 2.85. The molecule has 0 aliphatic heterocycles. The normalized spacial score (nSPS) is 10.5. The molecule has 2 aromatic rings. The van der Waals surface area contributed by atoms with Crippen LogP contribution in [0.5, 0.6) is 0 Å². The van der Waals surface area contributed by atoms with Gasteiger partial charge in [0.2, 0.25) is 0 Å². The monoisotopic (exact) mass is 344 g/mol. The average Bonchev–Trinajstić information content (AvgIpc) is 3.15. The van der Waals surface area contributed by atoms with Crippen LogP contribution in [0.4, 0.5) is 0 Å². The molecule has 0 radical (unpaired) electrons. The highest BCUT2D eigenvalue weighted by molar-refractivity contribution is 7.09. The van der Waals surface area contributed by atoms with Crippen LogP contribution in [-0.2, 0) is 13.1 Å². The van der Waals surface area contributed by atoms with E-state index in [2.05, 4.69) is 29.3 Å². The van der Waals surface area contributed by atoms with Gasteiger partial charge < -0.3 is 15.6 Å². The van der Waals surface area contributed by atoms with E-state index in [1.54, 1.807) is 5.38 Å². The summed E-state index contributed by atoms with van der Waals surface area (Å²) in [5.41, 5.74) is 6.82. The lowest BCUT2D eigenvalue weighted by Gasteiger charge is -2.05. The minimum Gasteiger partial charge on any atom is -0.359 e. The molecule has 122 valence electrons. The second-order valence-electron chi connectivity index (χ2n) is 4.74. The zero-order valence-electron chi connectivity index (χ0n) is 12.7. The Kier molecular flexibility index (Phi) is 7.50. The summed E-state index contributed by atoms with van der Waals surface area (Å²) in [5, 5.41) is 9.29. The summed E-state index contributed by atoms with van der Waals surface area (Å²) in [7, 11) is 0.